The monoisotopic (exact) mass is 166 g/mol. The van der Waals surface area contributed by atoms with Crippen molar-refractivity contribution in [3.8, 4) is 0 Å². The first-order chi connectivity index (χ1) is 5.70. The molecule has 0 atom stereocenters. The van der Waals surface area contributed by atoms with E-state index in [1.807, 2.05) is 0 Å². The minimum Gasteiger partial charge on any atom is -0.364 e. The molecule has 0 aliphatic heterocycles. The lowest BCUT2D eigenvalue weighted by Crippen LogP contribution is -2.10. The third-order valence-electron chi connectivity index (χ3n) is 1.21. The molecule has 0 aliphatic rings. The average molecular weight is 166 g/mol. The number of rotatable bonds is 2. The van der Waals surface area contributed by atoms with Crippen LogP contribution in [0.5, 0.6) is 0 Å². The molecule has 1 aromatic rings. The normalized spacial score (nSPS) is 11.2. The minimum absolute atomic E-state index is 0.508. The first kappa shape index (κ1) is 8.39. The number of amides is 1. The third-order valence-corrected chi connectivity index (χ3v) is 1.21. The number of halogens is 1. The van der Waals surface area contributed by atoms with Gasteiger partial charge in [0.25, 0.3) is 5.91 Å². The van der Waals surface area contributed by atoms with E-state index < -0.39 is 11.7 Å². The van der Waals surface area contributed by atoms with Crippen molar-refractivity contribution in [2.75, 3.05) is 0 Å². The molecule has 0 spiro atoms. The zero-order valence-corrected chi connectivity index (χ0v) is 6.20. The van der Waals surface area contributed by atoms with Gasteiger partial charge < -0.3 is 5.73 Å². The lowest BCUT2D eigenvalue weighted by molar-refractivity contribution is -0.115. The van der Waals surface area contributed by atoms with Gasteiger partial charge in [-0.25, -0.2) is 4.39 Å². The number of carbonyl (C=O) groups is 1. The van der Waals surface area contributed by atoms with Crippen molar-refractivity contribution in [3.05, 3.63) is 35.9 Å². The molecule has 4 heteroatoms. The zero-order valence-electron chi connectivity index (χ0n) is 6.20. The molecule has 0 aliphatic carbocycles. The molecule has 1 rings (SSSR count). The van der Waals surface area contributed by atoms with Crippen molar-refractivity contribution in [3.63, 3.8) is 0 Å². The molecule has 3 nitrogen and oxygen atoms in total. The summed E-state index contributed by atoms with van der Waals surface area (Å²) in [6, 6.07) is 3.26. The van der Waals surface area contributed by atoms with Crippen LogP contribution in [0.15, 0.2) is 30.4 Å². The van der Waals surface area contributed by atoms with Crippen LogP contribution in [0.4, 0.5) is 4.39 Å². The van der Waals surface area contributed by atoms with E-state index in [1.54, 1.807) is 18.3 Å². The molecule has 0 radical (unpaired) electrons. The summed E-state index contributed by atoms with van der Waals surface area (Å²) < 4.78 is 12.6. The van der Waals surface area contributed by atoms with Crippen LogP contribution in [0.1, 0.15) is 5.56 Å². The van der Waals surface area contributed by atoms with Crippen molar-refractivity contribution in [1.29, 1.82) is 0 Å². The number of hydrogen-bond donors (Lipinski definition) is 1. The molecule has 1 heterocycles. The fraction of sp³-hybridized carbons (Fsp3) is 0. The Hall–Kier alpha value is -1.71. The molecule has 0 bridgehead atoms. The molecule has 0 aromatic carbocycles. The first-order valence-corrected chi connectivity index (χ1v) is 3.27. The number of hydrogen-bond acceptors (Lipinski definition) is 2. The van der Waals surface area contributed by atoms with Gasteiger partial charge in [0.15, 0.2) is 5.83 Å². The van der Waals surface area contributed by atoms with E-state index in [9.17, 15) is 9.18 Å². The number of primary amides is 1. The van der Waals surface area contributed by atoms with Gasteiger partial charge in [0.05, 0.1) is 0 Å². The molecule has 62 valence electrons. The third kappa shape index (κ3) is 2.16. The Morgan fingerprint density at radius 3 is 2.92 bits per heavy atom. The highest BCUT2D eigenvalue weighted by Gasteiger charge is 2.01. The van der Waals surface area contributed by atoms with Crippen LogP contribution in [-0.4, -0.2) is 10.9 Å². The SMILES string of the molecule is NC(=O)C(F)=Cc1cccnc1. The maximum Gasteiger partial charge on any atom is 0.277 e. The average Bonchev–Trinajstić information content (AvgIpc) is 2.06. The summed E-state index contributed by atoms with van der Waals surface area (Å²) in [7, 11) is 0. The van der Waals surface area contributed by atoms with Crippen LogP contribution in [0.2, 0.25) is 0 Å². The summed E-state index contributed by atoms with van der Waals surface area (Å²) in [5.74, 6) is -2.04. The van der Waals surface area contributed by atoms with Crippen LogP contribution < -0.4 is 5.73 Å². The second-order valence-electron chi connectivity index (χ2n) is 2.14. The molecule has 12 heavy (non-hydrogen) atoms. The standard InChI is InChI=1S/C8H7FN2O/c9-7(8(10)12)4-6-2-1-3-11-5-6/h1-5H,(H2,10,12). The Morgan fingerprint density at radius 1 is 1.67 bits per heavy atom. The van der Waals surface area contributed by atoms with Crippen molar-refractivity contribution in [2.45, 2.75) is 0 Å². The van der Waals surface area contributed by atoms with Crippen LogP contribution in [0.25, 0.3) is 6.08 Å². The molecule has 0 saturated heterocycles. The van der Waals surface area contributed by atoms with Crippen molar-refractivity contribution in [2.24, 2.45) is 5.73 Å². The number of nitrogens with two attached hydrogens (primary N) is 1. The Balaban J connectivity index is 2.89. The Morgan fingerprint density at radius 2 is 2.42 bits per heavy atom. The van der Waals surface area contributed by atoms with Crippen LogP contribution in [0.3, 0.4) is 0 Å². The Kier molecular flexibility index (Phi) is 2.53. The summed E-state index contributed by atoms with van der Waals surface area (Å²) in [4.78, 5) is 14.0. The zero-order chi connectivity index (χ0) is 8.97. The number of pyridine rings is 1. The highest BCUT2D eigenvalue weighted by Crippen LogP contribution is 2.04. The summed E-state index contributed by atoms with van der Waals surface area (Å²) >= 11 is 0. The van der Waals surface area contributed by atoms with Crippen LogP contribution in [-0.2, 0) is 4.79 Å². The topological polar surface area (TPSA) is 56.0 Å². The molecular formula is C8H7FN2O. The van der Waals surface area contributed by atoms with E-state index >= 15 is 0 Å². The largest absolute Gasteiger partial charge is 0.364 e. The van der Waals surface area contributed by atoms with Gasteiger partial charge in [-0.15, -0.1) is 0 Å². The van der Waals surface area contributed by atoms with Crippen LogP contribution in [0, 0.1) is 0 Å². The smallest absolute Gasteiger partial charge is 0.277 e. The van der Waals surface area contributed by atoms with Crippen molar-refractivity contribution < 1.29 is 9.18 Å². The van der Waals surface area contributed by atoms with E-state index in [4.69, 9.17) is 0 Å². The fourth-order valence-electron chi connectivity index (χ4n) is 0.679. The lowest BCUT2D eigenvalue weighted by Gasteiger charge is -1.91. The summed E-state index contributed by atoms with van der Waals surface area (Å²) in [6.07, 6.45) is 4.03. The van der Waals surface area contributed by atoms with Crippen molar-refractivity contribution in [1.82, 2.24) is 4.98 Å². The Labute approximate surface area is 68.7 Å². The first-order valence-electron chi connectivity index (χ1n) is 3.27. The van der Waals surface area contributed by atoms with Gasteiger partial charge in [0.2, 0.25) is 0 Å². The quantitative estimate of drug-likeness (QED) is 0.663. The van der Waals surface area contributed by atoms with Gasteiger partial charge in [0.1, 0.15) is 0 Å². The van der Waals surface area contributed by atoms with Crippen molar-refractivity contribution >= 4 is 12.0 Å². The van der Waals surface area contributed by atoms with Gasteiger partial charge in [-0.05, 0) is 17.7 Å². The van der Waals surface area contributed by atoms with E-state index in [-0.39, 0.29) is 0 Å². The maximum atomic E-state index is 12.6. The molecule has 1 amide bonds. The molecule has 1 aromatic heterocycles. The predicted octanol–water partition coefficient (Wildman–Crippen LogP) is 0.877. The summed E-state index contributed by atoms with van der Waals surface area (Å²) in [5, 5.41) is 0. The second-order valence-corrected chi connectivity index (χ2v) is 2.14. The lowest BCUT2D eigenvalue weighted by atomic mass is 10.2. The molecule has 2 N–H and O–H groups in total. The predicted molar refractivity (Wildman–Crippen MR) is 42.5 cm³/mol. The van der Waals surface area contributed by atoms with Gasteiger partial charge in [-0.3, -0.25) is 9.78 Å². The van der Waals surface area contributed by atoms with Crippen LogP contribution >= 0.6 is 0 Å². The molecule has 0 saturated carbocycles. The van der Waals surface area contributed by atoms with E-state index in [1.165, 1.54) is 6.20 Å². The highest BCUT2D eigenvalue weighted by atomic mass is 19.1. The summed E-state index contributed by atoms with van der Waals surface area (Å²) in [5.41, 5.74) is 5.19. The fourth-order valence-corrected chi connectivity index (χ4v) is 0.679. The molecule has 0 fully saturated rings. The second kappa shape index (κ2) is 3.61. The number of nitrogens with zero attached hydrogens (tertiary/aromatic N) is 1. The van der Waals surface area contributed by atoms with E-state index in [2.05, 4.69) is 10.7 Å². The van der Waals surface area contributed by atoms with Gasteiger partial charge in [0, 0.05) is 12.4 Å². The minimum atomic E-state index is -1.07. The number of aromatic nitrogens is 1. The Bertz CT molecular complexity index is 308. The van der Waals surface area contributed by atoms with Gasteiger partial charge in [-0.2, -0.15) is 0 Å². The number of carbonyl (C=O) groups excluding carboxylic acids is 1. The van der Waals surface area contributed by atoms with Gasteiger partial charge in [-0.1, -0.05) is 6.07 Å². The molecular weight excluding hydrogens is 159 g/mol. The van der Waals surface area contributed by atoms with Gasteiger partial charge >= 0.3 is 0 Å². The highest BCUT2D eigenvalue weighted by molar-refractivity contribution is 5.94. The van der Waals surface area contributed by atoms with E-state index in [0.29, 0.717) is 5.56 Å². The summed E-state index contributed by atoms with van der Waals surface area (Å²) in [6.45, 7) is 0. The molecule has 0 unspecified atom stereocenters. The van der Waals surface area contributed by atoms with E-state index in [0.717, 1.165) is 6.08 Å². The maximum absolute atomic E-state index is 12.6.